The predicted octanol–water partition coefficient (Wildman–Crippen LogP) is 4.06. The number of carboxylic acids is 1. The number of fused-ring (bicyclic) bond motifs is 3. The van der Waals surface area contributed by atoms with Gasteiger partial charge >= 0.3 is 12.1 Å². The molecule has 3 unspecified atom stereocenters. The fourth-order valence-corrected chi connectivity index (χ4v) is 5.45. The van der Waals surface area contributed by atoms with Crippen LogP contribution in [0.4, 0.5) is 4.79 Å². The van der Waals surface area contributed by atoms with Crippen molar-refractivity contribution in [2.45, 2.75) is 56.5 Å². The van der Waals surface area contributed by atoms with Gasteiger partial charge in [0, 0.05) is 17.9 Å². The summed E-state index contributed by atoms with van der Waals surface area (Å²) >= 11 is 0. The Bertz CT molecular complexity index is 1050. The summed E-state index contributed by atoms with van der Waals surface area (Å²) < 4.78 is 5.65. The number of rotatable bonds is 7. The van der Waals surface area contributed by atoms with Crippen LogP contribution in [0.25, 0.3) is 11.1 Å². The molecule has 5 rings (SSSR count). The third-order valence-corrected chi connectivity index (χ3v) is 7.37. The Morgan fingerprint density at radius 3 is 2.21 bits per heavy atom. The molecule has 0 bridgehead atoms. The molecule has 0 radical (unpaired) electrons. The lowest BCUT2D eigenvalue weighted by molar-refractivity contribution is -0.143. The summed E-state index contributed by atoms with van der Waals surface area (Å²) in [5.74, 6) is -1.45. The average Bonchev–Trinajstić information content (AvgIpc) is 3.63. The number of alkyl carbamates (subject to hydrolysis) is 1. The molecule has 0 spiro atoms. The molecule has 3 aliphatic carbocycles. The van der Waals surface area contributed by atoms with Crippen LogP contribution in [0.5, 0.6) is 0 Å². The van der Waals surface area contributed by atoms with Crippen LogP contribution < -0.4 is 10.6 Å². The SMILES string of the molecule is O=C(NC1CCCC(C(=O)NC(C(=O)O)C2CC2)C1)OCC1c2ccccc2-c2ccccc21. The average molecular weight is 463 g/mol. The van der Waals surface area contributed by atoms with Crippen molar-refractivity contribution >= 4 is 18.0 Å². The molecule has 7 nitrogen and oxygen atoms in total. The molecule has 0 saturated heterocycles. The molecule has 2 amide bonds. The minimum atomic E-state index is -0.972. The van der Waals surface area contributed by atoms with E-state index in [2.05, 4.69) is 34.9 Å². The van der Waals surface area contributed by atoms with Crippen LogP contribution >= 0.6 is 0 Å². The maximum atomic E-state index is 12.7. The fourth-order valence-electron chi connectivity index (χ4n) is 5.45. The largest absolute Gasteiger partial charge is 0.480 e. The van der Waals surface area contributed by atoms with Gasteiger partial charge < -0.3 is 20.5 Å². The van der Waals surface area contributed by atoms with Crippen molar-refractivity contribution in [3.05, 3.63) is 59.7 Å². The van der Waals surface area contributed by atoms with E-state index >= 15 is 0 Å². The minimum absolute atomic E-state index is 0.00147. The zero-order valence-electron chi connectivity index (χ0n) is 19.0. The Balaban J connectivity index is 1.15. The molecule has 34 heavy (non-hydrogen) atoms. The van der Waals surface area contributed by atoms with E-state index in [-0.39, 0.29) is 36.3 Å². The van der Waals surface area contributed by atoms with Gasteiger partial charge in [0.25, 0.3) is 0 Å². The van der Waals surface area contributed by atoms with Crippen molar-refractivity contribution in [2.75, 3.05) is 6.61 Å². The minimum Gasteiger partial charge on any atom is -0.480 e. The number of hydrogen-bond donors (Lipinski definition) is 3. The number of carbonyl (C=O) groups is 3. The first-order valence-electron chi connectivity index (χ1n) is 12.2. The van der Waals surface area contributed by atoms with Crippen molar-refractivity contribution in [1.82, 2.24) is 10.6 Å². The molecule has 7 heteroatoms. The molecule has 2 fully saturated rings. The number of carboxylic acid groups (broad SMARTS) is 1. The van der Waals surface area contributed by atoms with Gasteiger partial charge in [-0.25, -0.2) is 9.59 Å². The molecule has 0 aliphatic heterocycles. The first-order valence-corrected chi connectivity index (χ1v) is 12.2. The number of nitrogens with one attached hydrogen (secondary N) is 2. The Morgan fingerprint density at radius 2 is 1.59 bits per heavy atom. The van der Waals surface area contributed by atoms with Gasteiger partial charge in [-0.3, -0.25) is 4.79 Å². The van der Waals surface area contributed by atoms with E-state index in [1.165, 1.54) is 11.1 Å². The van der Waals surface area contributed by atoms with Gasteiger partial charge in [-0.05, 0) is 60.3 Å². The Morgan fingerprint density at radius 1 is 0.941 bits per heavy atom. The van der Waals surface area contributed by atoms with Gasteiger partial charge in [-0.2, -0.15) is 0 Å². The van der Waals surface area contributed by atoms with Crippen LogP contribution in [-0.4, -0.2) is 41.8 Å². The number of carbonyl (C=O) groups excluding carboxylic acids is 2. The molecule has 3 N–H and O–H groups in total. The summed E-state index contributed by atoms with van der Waals surface area (Å²) in [6.07, 6.45) is 3.97. The van der Waals surface area contributed by atoms with Crippen LogP contribution in [0.15, 0.2) is 48.5 Å². The number of amides is 2. The molecule has 2 aromatic carbocycles. The molecule has 0 heterocycles. The normalized spacial score (nSPS) is 22.2. The van der Waals surface area contributed by atoms with Crippen LogP contribution in [-0.2, 0) is 14.3 Å². The monoisotopic (exact) mass is 462 g/mol. The molecule has 2 aromatic rings. The van der Waals surface area contributed by atoms with Gasteiger partial charge in [0.15, 0.2) is 0 Å². The van der Waals surface area contributed by atoms with Crippen molar-refractivity contribution < 1.29 is 24.2 Å². The number of hydrogen-bond acceptors (Lipinski definition) is 4. The third-order valence-electron chi connectivity index (χ3n) is 7.37. The number of ether oxygens (including phenoxy) is 1. The highest BCUT2D eigenvalue weighted by molar-refractivity contribution is 5.85. The summed E-state index contributed by atoms with van der Waals surface area (Å²) in [5.41, 5.74) is 4.68. The van der Waals surface area contributed by atoms with Crippen molar-refractivity contribution in [3.63, 3.8) is 0 Å². The zero-order chi connectivity index (χ0) is 23.7. The number of aliphatic carboxylic acids is 1. The van der Waals surface area contributed by atoms with Gasteiger partial charge in [0.05, 0.1) is 0 Å². The van der Waals surface area contributed by atoms with Crippen LogP contribution in [0.1, 0.15) is 55.6 Å². The predicted molar refractivity (Wildman–Crippen MR) is 126 cm³/mol. The van der Waals surface area contributed by atoms with E-state index in [0.717, 1.165) is 36.8 Å². The molecule has 0 aromatic heterocycles. The van der Waals surface area contributed by atoms with Gasteiger partial charge in [0.1, 0.15) is 12.6 Å². The van der Waals surface area contributed by atoms with E-state index in [1.807, 2.05) is 24.3 Å². The van der Waals surface area contributed by atoms with Crippen molar-refractivity contribution in [2.24, 2.45) is 11.8 Å². The second-order valence-electron chi connectivity index (χ2n) is 9.69. The van der Waals surface area contributed by atoms with Gasteiger partial charge in [0.2, 0.25) is 5.91 Å². The van der Waals surface area contributed by atoms with Crippen molar-refractivity contribution in [1.29, 1.82) is 0 Å². The van der Waals surface area contributed by atoms with E-state index in [0.29, 0.717) is 12.8 Å². The first-order chi connectivity index (χ1) is 16.5. The standard InChI is InChI=1S/C27H30N2O5/c30-25(29-24(26(31)32)16-12-13-16)17-6-5-7-18(14-17)28-27(33)34-15-23-21-10-3-1-8-19(21)20-9-2-4-11-22(20)23/h1-4,8-11,16-18,23-24H,5-7,12-15H2,(H,28,33)(H,29,30)(H,31,32). The fraction of sp³-hybridized carbons (Fsp3) is 0.444. The quantitative estimate of drug-likeness (QED) is 0.576. The summed E-state index contributed by atoms with van der Waals surface area (Å²) in [6, 6.07) is 15.4. The lowest BCUT2D eigenvalue weighted by atomic mass is 9.85. The smallest absolute Gasteiger partial charge is 0.407 e. The first kappa shape index (κ1) is 22.4. The molecular weight excluding hydrogens is 432 g/mol. The lowest BCUT2D eigenvalue weighted by Gasteiger charge is -2.29. The van der Waals surface area contributed by atoms with E-state index in [4.69, 9.17) is 4.74 Å². The van der Waals surface area contributed by atoms with Gasteiger partial charge in [-0.1, -0.05) is 55.0 Å². The molecule has 3 aliphatic rings. The molecule has 3 atom stereocenters. The van der Waals surface area contributed by atoms with Crippen molar-refractivity contribution in [3.8, 4) is 11.1 Å². The zero-order valence-corrected chi connectivity index (χ0v) is 19.0. The van der Waals surface area contributed by atoms with E-state index in [1.54, 1.807) is 0 Å². The highest BCUT2D eigenvalue weighted by Gasteiger charge is 2.39. The summed E-state index contributed by atoms with van der Waals surface area (Å²) in [5, 5.41) is 15.0. The van der Waals surface area contributed by atoms with Crippen LogP contribution in [0.2, 0.25) is 0 Å². The second kappa shape index (κ2) is 9.49. The maximum Gasteiger partial charge on any atom is 0.407 e. The maximum absolute atomic E-state index is 12.7. The third kappa shape index (κ3) is 4.65. The molecule has 2 saturated carbocycles. The Labute approximate surface area is 198 Å². The Kier molecular flexibility index (Phi) is 6.26. The summed E-state index contributed by atoms with van der Waals surface area (Å²) in [6.45, 7) is 0.248. The second-order valence-corrected chi connectivity index (χ2v) is 9.69. The highest BCUT2D eigenvalue weighted by Crippen LogP contribution is 2.44. The van der Waals surface area contributed by atoms with Crippen LogP contribution in [0, 0.1) is 11.8 Å². The van der Waals surface area contributed by atoms with E-state index in [9.17, 15) is 19.5 Å². The van der Waals surface area contributed by atoms with Gasteiger partial charge in [-0.15, -0.1) is 0 Å². The molecule has 178 valence electrons. The molecular formula is C27H30N2O5. The lowest BCUT2D eigenvalue weighted by Crippen LogP contribution is -2.48. The summed E-state index contributed by atoms with van der Waals surface area (Å²) in [7, 11) is 0. The van der Waals surface area contributed by atoms with E-state index < -0.39 is 18.1 Å². The van der Waals surface area contributed by atoms with Crippen LogP contribution in [0.3, 0.4) is 0 Å². The summed E-state index contributed by atoms with van der Waals surface area (Å²) in [4.78, 5) is 36.8. The highest BCUT2D eigenvalue weighted by atomic mass is 16.5. The Hall–Kier alpha value is -3.35. The topological polar surface area (TPSA) is 105 Å². The number of benzene rings is 2.